The molecule has 2 fully saturated rings. The summed E-state index contributed by atoms with van der Waals surface area (Å²) < 4.78 is 9.32. The van der Waals surface area contributed by atoms with Crippen molar-refractivity contribution in [3.05, 3.63) is 48.6 Å². The third kappa shape index (κ3) is 3.24. The van der Waals surface area contributed by atoms with Gasteiger partial charge in [0, 0.05) is 61.7 Å². The number of amides is 1. The molecular formula is C23H25N7O2. The van der Waals surface area contributed by atoms with Crippen molar-refractivity contribution in [1.82, 2.24) is 29.2 Å². The molecule has 1 amide bonds. The van der Waals surface area contributed by atoms with E-state index in [0.29, 0.717) is 28.8 Å². The Morgan fingerprint density at radius 3 is 2.78 bits per heavy atom. The number of pyridine rings is 1. The Bertz CT molecular complexity index is 1240. The standard InChI is InChI=1S/C23H25N7O2/c1-4-22(31)28-10-16(11-28)9-27-13-19(14-27)30-15(2)20(8-26-30)17-5-21(32-3)23-18(6-24)7-25-29(23)12-17/h4-5,7-8,12,16,19H,1,9-11,13-14H2,2-3H3. The summed E-state index contributed by atoms with van der Waals surface area (Å²) in [5, 5.41) is 18.3. The van der Waals surface area contributed by atoms with Crippen LogP contribution < -0.4 is 4.74 Å². The van der Waals surface area contributed by atoms with E-state index in [2.05, 4.69) is 39.4 Å². The zero-order valence-electron chi connectivity index (χ0n) is 18.2. The molecule has 0 spiro atoms. The van der Waals surface area contributed by atoms with Crippen LogP contribution >= 0.6 is 0 Å². The highest BCUT2D eigenvalue weighted by atomic mass is 16.5. The number of ether oxygens (including phenoxy) is 1. The molecule has 5 heterocycles. The minimum Gasteiger partial charge on any atom is -0.494 e. The number of carbonyl (C=O) groups is 1. The maximum Gasteiger partial charge on any atom is 0.245 e. The van der Waals surface area contributed by atoms with E-state index in [-0.39, 0.29) is 5.91 Å². The second-order valence-corrected chi connectivity index (χ2v) is 8.53. The van der Waals surface area contributed by atoms with Crippen molar-refractivity contribution in [1.29, 1.82) is 5.26 Å². The normalized spacial score (nSPS) is 17.1. The summed E-state index contributed by atoms with van der Waals surface area (Å²) in [6, 6.07) is 4.44. The summed E-state index contributed by atoms with van der Waals surface area (Å²) in [5.41, 5.74) is 4.22. The van der Waals surface area contributed by atoms with E-state index in [1.807, 2.05) is 23.4 Å². The van der Waals surface area contributed by atoms with Crippen LogP contribution in [-0.4, -0.2) is 74.9 Å². The summed E-state index contributed by atoms with van der Waals surface area (Å²) in [7, 11) is 1.60. The molecule has 9 heteroatoms. The van der Waals surface area contributed by atoms with E-state index in [1.54, 1.807) is 17.8 Å². The number of hydrogen-bond donors (Lipinski definition) is 0. The van der Waals surface area contributed by atoms with Crippen molar-refractivity contribution < 1.29 is 9.53 Å². The van der Waals surface area contributed by atoms with Crippen LogP contribution in [-0.2, 0) is 4.79 Å². The molecule has 0 bridgehead atoms. The summed E-state index contributed by atoms with van der Waals surface area (Å²) in [4.78, 5) is 15.8. The molecule has 0 saturated carbocycles. The molecule has 0 atom stereocenters. The number of likely N-dealkylation sites (tertiary alicyclic amines) is 2. The van der Waals surface area contributed by atoms with Gasteiger partial charge in [0.15, 0.2) is 0 Å². The molecule has 0 N–H and O–H groups in total. The van der Waals surface area contributed by atoms with E-state index < -0.39 is 0 Å². The molecule has 9 nitrogen and oxygen atoms in total. The predicted molar refractivity (Wildman–Crippen MR) is 118 cm³/mol. The monoisotopic (exact) mass is 431 g/mol. The molecule has 0 unspecified atom stereocenters. The Labute approximate surface area is 186 Å². The van der Waals surface area contributed by atoms with Crippen LogP contribution in [0.3, 0.4) is 0 Å². The van der Waals surface area contributed by atoms with Gasteiger partial charge in [-0.25, -0.2) is 4.52 Å². The highest BCUT2D eigenvalue weighted by Gasteiger charge is 2.36. The van der Waals surface area contributed by atoms with Crippen molar-refractivity contribution in [2.75, 3.05) is 39.8 Å². The third-order valence-corrected chi connectivity index (χ3v) is 6.52. The summed E-state index contributed by atoms with van der Waals surface area (Å²) in [6.07, 6.45) is 6.73. The second-order valence-electron chi connectivity index (χ2n) is 8.53. The summed E-state index contributed by atoms with van der Waals surface area (Å²) >= 11 is 0. The van der Waals surface area contributed by atoms with Crippen molar-refractivity contribution in [2.24, 2.45) is 5.92 Å². The van der Waals surface area contributed by atoms with Gasteiger partial charge >= 0.3 is 0 Å². The number of fused-ring (bicyclic) bond motifs is 1. The van der Waals surface area contributed by atoms with Gasteiger partial charge in [0.1, 0.15) is 22.9 Å². The summed E-state index contributed by atoms with van der Waals surface area (Å²) in [6.45, 7) is 10.2. The van der Waals surface area contributed by atoms with E-state index in [9.17, 15) is 10.1 Å². The van der Waals surface area contributed by atoms with Crippen LogP contribution in [0.25, 0.3) is 16.6 Å². The van der Waals surface area contributed by atoms with Crippen LogP contribution in [0.5, 0.6) is 5.75 Å². The lowest BCUT2D eigenvalue weighted by Crippen LogP contribution is -2.57. The topological polar surface area (TPSA) is 91.7 Å². The highest BCUT2D eigenvalue weighted by Crippen LogP contribution is 2.33. The van der Waals surface area contributed by atoms with Crippen LogP contribution in [0.15, 0.2) is 37.3 Å². The van der Waals surface area contributed by atoms with Gasteiger partial charge < -0.3 is 9.64 Å². The van der Waals surface area contributed by atoms with Crippen molar-refractivity contribution in [3.8, 4) is 22.9 Å². The number of carbonyl (C=O) groups excluding carboxylic acids is 1. The van der Waals surface area contributed by atoms with Crippen molar-refractivity contribution >= 4 is 11.4 Å². The minimum absolute atomic E-state index is 0.0243. The fourth-order valence-electron chi connectivity index (χ4n) is 4.75. The number of nitrogens with zero attached hydrogens (tertiary/aromatic N) is 7. The molecule has 0 aromatic carbocycles. The first-order valence-corrected chi connectivity index (χ1v) is 10.7. The Morgan fingerprint density at radius 2 is 2.09 bits per heavy atom. The van der Waals surface area contributed by atoms with Gasteiger partial charge in [-0.1, -0.05) is 6.58 Å². The third-order valence-electron chi connectivity index (χ3n) is 6.52. The predicted octanol–water partition coefficient (Wildman–Crippen LogP) is 1.89. The Hall–Kier alpha value is -3.64. The molecule has 0 radical (unpaired) electrons. The van der Waals surface area contributed by atoms with E-state index in [0.717, 1.165) is 49.5 Å². The van der Waals surface area contributed by atoms with Crippen LogP contribution in [0.2, 0.25) is 0 Å². The minimum atomic E-state index is 0.0243. The molecule has 3 aromatic heterocycles. The molecule has 5 rings (SSSR count). The molecule has 2 aliphatic rings. The lowest BCUT2D eigenvalue weighted by molar-refractivity contribution is -0.133. The van der Waals surface area contributed by atoms with E-state index in [4.69, 9.17) is 4.74 Å². The zero-order valence-corrected chi connectivity index (χ0v) is 18.2. The van der Waals surface area contributed by atoms with Gasteiger partial charge in [0.05, 0.1) is 25.5 Å². The Kier molecular flexibility index (Phi) is 4.94. The molecular weight excluding hydrogens is 406 g/mol. The van der Waals surface area contributed by atoms with Gasteiger partial charge in [0.2, 0.25) is 5.91 Å². The molecule has 3 aromatic rings. The van der Waals surface area contributed by atoms with Crippen molar-refractivity contribution in [3.63, 3.8) is 0 Å². The van der Waals surface area contributed by atoms with E-state index in [1.165, 1.54) is 6.08 Å². The second kappa shape index (κ2) is 7.80. The zero-order chi connectivity index (χ0) is 22.4. The molecule has 32 heavy (non-hydrogen) atoms. The fourth-order valence-corrected chi connectivity index (χ4v) is 4.75. The average molecular weight is 432 g/mol. The number of rotatable bonds is 6. The maximum atomic E-state index is 11.6. The molecule has 0 aliphatic carbocycles. The summed E-state index contributed by atoms with van der Waals surface area (Å²) in [5.74, 6) is 1.18. The first kappa shape index (κ1) is 20.3. The van der Waals surface area contributed by atoms with Gasteiger partial charge in [-0.15, -0.1) is 0 Å². The average Bonchev–Trinajstić information content (AvgIpc) is 3.33. The van der Waals surface area contributed by atoms with Gasteiger partial charge in [-0.2, -0.15) is 15.5 Å². The van der Waals surface area contributed by atoms with Crippen LogP contribution in [0.1, 0.15) is 17.3 Å². The molecule has 2 saturated heterocycles. The number of methoxy groups -OCH3 is 1. The first-order chi connectivity index (χ1) is 15.5. The SMILES string of the molecule is C=CC(=O)N1CC(CN2CC(n3ncc(-c4cc(OC)c5c(C#N)cnn5c4)c3C)C2)C1. The van der Waals surface area contributed by atoms with Gasteiger partial charge in [-0.3, -0.25) is 14.4 Å². The number of nitriles is 1. The van der Waals surface area contributed by atoms with Crippen LogP contribution in [0, 0.1) is 24.2 Å². The lowest BCUT2D eigenvalue weighted by Gasteiger charge is -2.46. The van der Waals surface area contributed by atoms with Crippen molar-refractivity contribution in [2.45, 2.75) is 13.0 Å². The number of hydrogen-bond acceptors (Lipinski definition) is 6. The Morgan fingerprint density at radius 1 is 1.31 bits per heavy atom. The van der Waals surface area contributed by atoms with Gasteiger partial charge in [0.25, 0.3) is 0 Å². The quantitative estimate of drug-likeness (QED) is 0.554. The molecule has 2 aliphatic heterocycles. The fraction of sp³-hybridized carbons (Fsp3) is 0.391. The van der Waals surface area contributed by atoms with E-state index >= 15 is 0 Å². The van der Waals surface area contributed by atoms with Gasteiger partial charge in [-0.05, 0) is 19.1 Å². The Balaban J connectivity index is 1.28. The highest BCUT2D eigenvalue weighted by molar-refractivity contribution is 5.87. The maximum absolute atomic E-state index is 11.6. The van der Waals surface area contributed by atoms with Crippen LogP contribution in [0.4, 0.5) is 0 Å². The molecule has 164 valence electrons. The first-order valence-electron chi connectivity index (χ1n) is 10.7. The largest absolute Gasteiger partial charge is 0.494 e. The smallest absolute Gasteiger partial charge is 0.245 e. The lowest BCUT2D eigenvalue weighted by atomic mass is 9.96. The number of aromatic nitrogens is 4.